The molecule has 4 amide bonds. The predicted molar refractivity (Wildman–Crippen MR) is 159 cm³/mol. The lowest BCUT2D eigenvalue weighted by molar-refractivity contribution is -0.171. The third-order valence-corrected chi connectivity index (χ3v) is 7.39. The molecule has 1 fully saturated rings. The molecule has 0 saturated carbocycles. The first-order valence-electron chi connectivity index (χ1n) is 14.1. The van der Waals surface area contributed by atoms with Crippen LogP contribution in [-0.4, -0.2) is 88.8 Å². The lowest BCUT2D eigenvalue weighted by Gasteiger charge is -2.49. The number of phenols is 1. The van der Waals surface area contributed by atoms with Crippen LogP contribution in [0.2, 0.25) is 0 Å². The Balaban J connectivity index is 1.49. The molecule has 0 spiro atoms. The normalized spacial score (nSPS) is 16.2. The number of hydrogen-bond acceptors (Lipinski definition) is 6. The minimum absolute atomic E-state index is 0.0901. The van der Waals surface area contributed by atoms with E-state index in [0.29, 0.717) is 6.54 Å². The quantitative estimate of drug-likeness (QED) is 0.332. The van der Waals surface area contributed by atoms with E-state index in [1.807, 2.05) is 30.3 Å². The number of hydrogen-bond donors (Lipinski definition) is 2. The molecule has 2 N–H and O–H groups in total. The van der Waals surface area contributed by atoms with Crippen LogP contribution in [0.4, 0.5) is 9.18 Å². The van der Waals surface area contributed by atoms with Crippen molar-refractivity contribution in [3.8, 4) is 5.75 Å². The topological polar surface area (TPSA) is 106 Å². The van der Waals surface area contributed by atoms with E-state index < -0.39 is 18.2 Å². The average Bonchev–Trinajstić information content (AvgIpc) is 2.99. The zero-order valence-electron chi connectivity index (χ0n) is 24.6. The minimum Gasteiger partial charge on any atom is -0.508 e. The molecular formula is C32H38FN5O5. The summed E-state index contributed by atoms with van der Waals surface area (Å²) in [6, 6.07) is 20.7. The number of benzene rings is 3. The van der Waals surface area contributed by atoms with Crippen LogP contribution in [0.15, 0.2) is 78.9 Å². The van der Waals surface area contributed by atoms with Crippen molar-refractivity contribution in [2.24, 2.45) is 0 Å². The van der Waals surface area contributed by atoms with Gasteiger partial charge in [-0.05, 0) is 47.9 Å². The maximum Gasteiger partial charge on any atom is 0.334 e. The van der Waals surface area contributed by atoms with E-state index in [1.54, 1.807) is 50.3 Å². The van der Waals surface area contributed by atoms with E-state index in [0.717, 1.165) is 16.7 Å². The van der Waals surface area contributed by atoms with Gasteiger partial charge in [-0.1, -0.05) is 54.6 Å². The molecule has 4 rings (SSSR count). The number of hydrazine groups is 1. The van der Waals surface area contributed by atoms with E-state index in [-0.39, 0.29) is 56.1 Å². The van der Waals surface area contributed by atoms with Crippen molar-refractivity contribution in [2.45, 2.75) is 38.7 Å². The number of nitrogens with zero attached hydrogens (tertiary/aromatic N) is 4. The molecule has 0 unspecified atom stereocenters. The second-order valence-electron chi connectivity index (χ2n) is 10.6. The molecular weight excluding hydrogens is 553 g/mol. The molecule has 1 saturated heterocycles. The van der Waals surface area contributed by atoms with Crippen molar-refractivity contribution in [1.82, 2.24) is 25.1 Å². The molecule has 1 heterocycles. The molecule has 0 radical (unpaired) electrons. The van der Waals surface area contributed by atoms with Crippen molar-refractivity contribution >= 4 is 17.8 Å². The van der Waals surface area contributed by atoms with Crippen LogP contribution in [0.3, 0.4) is 0 Å². The molecule has 228 valence electrons. The Kier molecular flexibility index (Phi) is 10.7. The van der Waals surface area contributed by atoms with Crippen LogP contribution in [0.25, 0.3) is 0 Å². The fourth-order valence-electron chi connectivity index (χ4n) is 5.08. The SMILES string of the molecule is C[C@H]1N([C@@H](Cc2ccc(O)cc2)C(=O)N(C)CCOCc2ccc(F)cc2)C(=O)CN(C)N1C(=O)NCc1ccccc1. The summed E-state index contributed by atoms with van der Waals surface area (Å²) in [7, 11) is 3.30. The number of urea groups is 1. The molecule has 0 aromatic heterocycles. The summed E-state index contributed by atoms with van der Waals surface area (Å²) in [6.45, 7) is 2.68. The highest BCUT2D eigenvalue weighted by atomic mass is 19.1. The number of halogens is 1. The molecule has 10 nitrogen and oxygen atoms in total. The Morgan fingerprint density at radius 2 is 1.67 bits per heavy atom. The monoisotopic (exact) mass is 591 g/mol. The third kappa shape index (κ3) is 8.30. The fourth-order valence-corrected chi connectivity index (χ4v) is 5.08. The van der Waals surface area contributed by atoms with E-state index in [1.165, 1.54) is 39.1 Å². The lowest BCUT2D eigenvalue weighted by atomic mass is 10.0. The van der Waals surface area contributed by atoms with Gasteiger partial charge in [0.1, 0.15) is 23.8 Å². The first kappa shape index (κ1) is 31.5. The Labute approximate surface area is 251 Å². The zero-order chi connectivity index (χ0) is 30.9. The predicted octanol–water partition coefficient (Wildman–Crippen LogP) is 3.36. The molecule has 43 heavy (non-hydrogen) atoms. The standard InChI is InChI=1S/C32H38FN5O5/c1-23-37(30(40)21-36(3)38(23)32(42)34-20-25-7-5-4-6-8-25)29(19-24-11-15-28(39)16-12-24)31(41)35(2)17-18-43-22-26-9-13-27(33)14-10-26/h4-16,23,29,39H,17-22H2,1-3H3,(H,34,42)/t23-,29-/m0/s1. The number of carbonyl (C=O) groups excluding carboxylic acids is 3. The fraction of sp³-hybridized carbons (Fsp3) is 0.344. The molecule has 3 aromatic carbocycles. The highest BCUT2D eigenvalue weighted by Gasteiger charge is 2.43. The second kappa shape index (κ2) is 14.6. The van der Waals surface area contributed by atoms with Crippen LogP contribution in [0.1, 0.15) is 23.6 Å². The maximum absolute atomic E-state index is 13.9. The Hall–Kier alpha value is -4.48. The molecule has 3 aromatic rings. The molecule has 11 heteroatoms. The van der Waals surface area contributed by atoms with Gasteiger partial charge in [0.05, 0.1) is 19.8 Å². The summed E-state index contributed by atoms with van der Waals surface area (Å²) in [5.74, 6) is -0.839. The first-order chi connectivity index (χ1) is 20.6. The molecule has 2 atom stereocenters. The number of carbonyl (C=O) groups is 3. The van der Waals surface area contributed by atoms with Crippen molar-refractivity contribution in [3.05, 3.63) is 101 Å². The summed E-state index contributed by atoms with van der Waals surface area (Å²) >= 11 is 0. The van der Waals surface area contributed by atoms with Crippen LogP contribution in [0.5, 0.6) is 5.75 Å². The average molecular weight is 592 g/mol. The summed E-state index contributed by atoms with van der Waals surface area (Å²) < 4.78 is 18.9. The number of likely N-dealkylation sites (N-methyl/N-ethyl adjacent to an activating group) is 2. The van der Waals surface area contributed by atoms with Gasteiger partial charge >= 0.3 is 6.03 Å². The number of phenolic OH excluding ortho intramolecular Hbond substituents is 1. The van der Waals surface area contributed by atoms with Gasteiger partial charge in [0.2, 0.25) is 11.8 Å². The summed E-state index contributed by atoms with van der Waals surface area (Å²) in [6.07, 6.45) is -0.588. The van der Waals surface area contributed by atoms with E-state index in [9.17, 15) is 23.9 Å². The number of nitrogens with one attached hydrogen (secondary N) is 1. The summed E-state index contributed by atoms with van der Waals surface area (Å²) in [5.41, 5.74) is 2.49. The smallest absolute Gasteiger partial charge is 0.334 e. The van der Waals surface area contributed by atoms with Crippen molar-refractivity contribution in [1.29, 1.82) is 0 Å². The lowest BCUT2D eigenvalue weighted by Crippen LogP contribution is -2.70. The van der Waals surface area contributed by atoms with E-state index >= 15 is 0 Å². The maximum atomic E-state index is 13.9. The van der Waals surface area contributed by atoms with Crippen molar-refractivity contribution in [2.75, 3.05) is 33.8 Å². The van der Waals surface area contributed by atoms with Crippen LogP contribution in [0, 0.1) is 5.82 Å². The van der Waals surface area contributed by atoms with Gasteiger partial charge in [-0.3, -0.25) is 9.59 Å². The van der Waals surface area contributed by atoms with Crippen molar-refractivity contribution < 1.29 is 28.6 Å². The van der Waals surface area contributed by atoms with Gasteiger partial charge < -0.3 is 25.0 Å². The van der Waals surface area contributed by atoms with Gasteiger partial charge in [0.25, 0.3) is 0 Å². The van der Waals surface area contributed by atoms with Gasteiger partial charge in [0, 0.05) is 33.6 Å². The number of amides is 4. The molecule has 0 bridgehead atoms. The molecule has 0 aliphatic carbocycles. The molecule has 1 aliphatic rings. The van der Waals surface area contributed by atoms with Crippen LogP contribution < -0.4 is 5.32 Å². The van der Waals surface area contributed by atoms with Crippen molar-refractivity contribution in [3.63, 3.8) is 0 Å². The van der Waals surface area contributed by atoms with E-state index in [4.69, 9.17) is 4.74 Å². The van der Waals surface area contributed by atoms with Gasteiger partial charge in [-0.15, -0.1) is 0 Å². The Morgan fingerprint density at radius 1 is 1.02 bits per heavy atom. The van der Waals surface area contributed by atoms with Gasteiger partial charge in [0.15, 0.2) is 0 Å². The highest BCUT2D eigenvalue weighted by molar-refractivity contribution is 5.90. The summed E-state index contributed by atoms with van der Waals surface area (Å²) in [5, 5.41) is 15.7. The van der Waals surface area contributed by atoms with Gasteiger partial charge in [-0.25, -0.2) is 19.2 Å². The van der Waals surface area contributed by atoms with E-state index in [2.05, 4.69) is 5.32 Å². The Bertz CT molecular complexity index is 1370. The highest BCUT2D eigenvalue weighted by Crippen LogP contribution is 2.23. The summed E-state index contributed by atoms with van der Waals surface area (Å²) in [4.78, 5) is 43.7. The second-order valence-corrected chi connectivity index (χ2v) is 10.6. The molecule has 1 aliphatic heterocycles. The van der Waals surface area contributed by atoms with Crippen LogP contribution >= 0.6 is 0 Å². The number of rotatable bonds is 11. The largest absolute Gasteiger partial charge is 0.508 e. The minimum atomic E-state index is -0.924. The zero-order valence-corrected chi connectivity index (χ0v) is 24.6. The van der Waals surface area contributed by atoms with Crippen LogP contribution in [-0.2, 0) is 33.9 Å². The number of ether oxygens (including phenoxy) is 1. The number of aromatic hydroxyl groups is 1. The first-order valence-corrected chi connectivity index (χ1v) is 14.1. The third-order valence-electron chi connectivity index (χ3n) is 7.39. The Morgan fingerprint density at radius 3 is 2.35 bits per heavy atom. The van der Waals surface area contributed by atoms with Gasteiger partial charge in [-0.2, -0.15) is 0 Å².